The maximum absolute atomic E-state index is 11.0. The molecule has 0 aliphatic heterocycles. The van der Waals surface area contributed by atoms with E-state index in [-0.39, 0.29) is 0 Å². The van der Waals surface area contributed by atoms with E-state index in [9.17, 15) is 9.59 Å². The summed E-state index contributed by atoms with van der Waals surface area (Å²) in [6, 6.07) is 29.3. The molecule has 268 valence electrons. The smallest absolute Gasteiger partial charge is 0.330 e. The van der Waals surface area contributed by atoms with Crippen molar-refractivity contribution in [1.29, 1.82) is 0 Å². The minimum absolute atomic E-state index is 0.360. The molecule has 6 N–H and O–H groups in total. The van der Waals surface area contributed by atoms with E-state index in [0.717, 1.165) is 89.0 Å². The van der Waals surface area contributed by atoms with Gasteiger partial charge in [0.2, 0.25) is 0 Å². The molecule has 0 saturated carbocycles. The van der Waals surface area contributed by atoms with Crippen molar-refractivity contribution < 1.29 is 28.5 Å². The van der Waals surface area contributed by atoms with Crippen LogP contribution in [-0.2, 0) is 19.1 Å². The summed E-state index contributed by atoms with van der Waals surface area (Å²) >= 11 is 0. The fourth-order valence-electron chi connectivity index (χ4n) is 4.47. The van der Waals surface area contributed by atoms with Crippen molar-refractivity contribution in [3.05, 3.63) is 122 Å². The van der Waals surface area contributed by atoms with Gasteiger partial charge in [-0.05, 0) is 129 Å². The van der Waals surface area contributed by atoms with E-state index in [1.807, 2.05) is 97.9 Å². The Hall–Kier alpha value is -6.30. The first-order chi connectivity index (χ1) is 24.9. The fraction of sp³-hybridized carbons (Fsp3) is 0.231. The minimum atomic E-state index is -0.405. The molecule has 0 amide bonds. The normalized spacial score (nSPS) is 10.2. The summed E-state index contributed by atoms with van der Waals surface area (Å²) in [5, 5.41) is 0. The van der Waals surface area contributed by atoms with Crippen LogP contribution in [0.15, 0.2) is 116 Å². The summed E-state index contributed by atoms with van der Waals surface area (Å²) in [6.45, 7) is 10.6. The van der Waals surface area contributed by atoms with Crippen molar-refractivity contribution in [2.45, 2.75) is 32.6 Å². The lowest BCUT2D eigenvalue weighted by atomic mass is 10.2. The minimum Gasteiger partial charge on any atom is -0.494 e. The third kappa shape index (κ3) is 14.0. The lowest BCUT2D eigenvalue weighted by molar-refractivity contribution is -0.138. The van der Waals surface area contributed by atoms with Gasteiger partial charge in [-0.3, -0.25) is 0 Å². The predicted molar refractivity (Wildman–Crippen MR) is 204 cm³/mol. The molecule has 4 aromatic carbocycles. The first kappa shape index (κ1) is 37.5. The van der Waals surface area contributed by atoms with Gasteiger partial charge in [0, 0.05) is 12.2 Å². The van der Waals surface area contributed by atoms with Crippen LogP contribution in [0.1, 0.15) is 31.2 Å². The van der Waals surface area contributed by atoms with Gasteiger partial charge in [0.05, 0.1) is 60.6 Å². The molecule has 0 bridgehead atoms. The molecule has 0 heterocycles. The number of rotatable bonds is 23. The summed E-state index contributed by atoms with van der Waals surface area (Å²) in [4.78, 5) is 22.1. The van der Waals surface area contributed by atoms with Crippen LogP contribution in [0.3, 0.4) is 0 Å². The third-order valence-electron chi connectivity index (χ3n) is 7.30. The van der Waals surface area contributed by atoms with Gasteiger partial charge in [-0.2, -0.15) is 0 Å². The number of benzene rings is 4. The Bertz CT molecular complexity index is 1680. The molecule has 12 nitrogen and oxygen atoms in total. The second-order valence-corrected chi connectivity index (χ2v) is 11.3. The molecule has 0 fully saturated rings. The number of carbonyl (C=O) groups excluding carboxylic acids is 2. The summed E-state index contributed by atoms with van der Waals surface area (Å²) in [6.07, 6.45) is 5.35. The van der Waals surface area contributed by atoms with Crippen molar-refractivity contribution in [2.75, 3.05) is 59.0 Å². The molecule has 0 aliphatic rings. The van der Waals surface area contributed by atoms with Crippen LogP contribution < -0.4 is 42.0 Å². The van der Waals surface area contributed by atoms with E-state index < -0.39 is 11.9 Å². The number of hydrazine groups is 3. The number of anilines is 6. The highest BCUT2D eigenvalue weighted by atomic mass is 16.5. The second kappa shape index (κ2) is 20.9. The Morgan fingerprint density at radius 3 is 1.27 bits per heavy atom. The van der Waals surface area contributed by atoms with Crippen molar-refractivity contribution >= 4 is 46.1 Å². The molecule has 0 saturated heterocycles. The van der Waals surface area contributed by atoms with E-state index in [2.05, 4.69) is 45.7 Å². The topological polar surface area (TPSA) is 143 Å². The maximum Gasteiger partial charge on any atom is 0.330 e. The molecule has 12 heteroatoms. The maximum atomic E-state index is 11.0. The highest BCUT2D eigenvalue weighted by Crippen LogP contribution is 2.23. The molecular formula is C39H46N6O6. The quantitative estimate of drug-likeness (QED) is 0.0193. The summed E-state index contributed by atoms with van der Waals surface area (Å²) < 4.78 is 21.4. The third-order valence-corrected chi connectivity index (χ3v) is 7.30. The van der Waals surface area contributed by atoms with Crippen molar-refractivity contribution in [2.24, 2.45) is 0 Å². The Labute approximate surface area is 299 Å². The molecule has 0 aromatic heterocycles. The Kier molecular flexibility index (Phi) is 15.4. The van der Waals surface area contributed by atoms with Gasteiger partial charge in [-0.15, -0.1) is 0 Å². The van der Waals surface area contributed by atoms with Crippen LogP contribution in [0.4, 0.5) is 34.1 Å². The van der Waals surface area contributed by atoms with Gasteiger partial charge in [-0.1, -0.05) is 13.2 Å². The molecule has 0 spiro atoms. The van der Waals surface area contributed by atoms with Crippen molar-refractivity contribution in [3.8, 4) is 11.5 Å². The monoisotopic (exact) mass is 694 g/mol. The zero-order chi connectivity index (χ0) is 36.1. The molecule has 0 aliphatic carbocycles. The van der Waals surface area contributed by atoms with E-state index in [1.165, 1.54) is 0 Å². The van der Waals surface area contributed by atoms with Gasteiger partial charge in [0.15, 0.2) is 0 Å². The number of ether oxygens (including phenoxy) is 4. The summed E-state index contributed by atoms with van der Waals surface area (Å²) in [5.74, 6) is 0.735. The van der Waals surface area contributed by atoms with E-state index in [0.29, 0.717) is 26.4 Å². The van der Waals surface area contributed by atoms with Gasteiger partial charge < -0.3 is 51.5 Å². The number of nitrogens with one attached hydrogen (secondary N) is 6. The molecule has 0 radical (unpaired) electrons. The van der Waals surface area contributed by atoms with Gasteiger partial charge in [0.25, 0.3) is 0 Å². The predicted octanol–water partition coefficient (Wildman–Crippen LogP) is 8.09. The van der Waals surface area contributed by atoms with Crippen LogP contribution in [0.25, 0.3) is 0 Å². The van der Waals surface area contributed by atoms with Crippen molar-refractivity contribution in [1.82, 2.24) is 0 Å². The average molecular weight is 695 g/mol. The van der Waals surface area contributed by atoms with Crippen LogP contribution in [0, 0.1) is 6.92 Å². The van der Waals surface area contributed by atoms with Gasteiger partial charge in [-0.25, -0.2) is 9.59 Å². The Balaban J connectivity index is 1.11. The van der Waals surface area contributed by atoms with Gasteiger partial charge >= 0.3 is 11.9 Å². The first-order valence-corrected chi connectivity index (χ1v) is 16.7. The van der Waals surface area contributed by atoms with E-state index >= 15 is 0 Å². The Morgan fingerprint density at radius 1 is 0.510 bits per heavy atom. The standard InChI is InChI=1S/C39H46N6O6/c1-4-38(46)50-26-8-6-24-48-35-19-14-32(15-20-35)41-40-30-10-12-31(13-11-30)43-45-37-23-18-34(28-29(37)3)44-42-33-16-21-36(22-17-33)49-25-7-9-27-51-39(47)5-2/h4-5,10-23,28,40-45H,1-2,6-9,24-27H2,3H3. The fourth-order valence-corrected chi connectivity index (χ4v) is 4.47. The van der Waals surface area contributed by atoms with E-state index in [1.54, 1.807) is 0 Å². The Morgan fingerprint density at radius 2 is 0.863 bits per heavy atom. The van der Waals surface area contributed by atoms with Crippen LogP contribution >= 0.6 is 0 Å². The van der Waals surface area contributed by atoms with Crippen molar-refractivity contribution in [3.63, 3.8) is 0 Å². The highest BCUT2D eigenvalue weighted by Gasteiger charge is 2.03. The average Bonchev–Trinajstić information content (AvgIpc) is 3.16. The molecule has 4 aromatic rings. The molecular weight excluding hydrogens is 648 g/mol. The summed E-state index contributed by atoms with van der Waals surface area (Å²) in [5.41, 5.74) is 25.9. The lowest BCUT2D eigenvalue weighted by Crippen LogP contribution is -2.12. The SMILES string of the molecule is C=CC(=O)OCCCCOc1ccc(NNc2ccc(NNc3ccc(NNc4ccc(OCCCCOC(=O)C=C)cc4)cc3C)cc2)cc1. The summed E-state index contributed by atoms with van der Waals surface area (Å²) in [7, 11) is 0. The number of aryl methyl sites for hydroxylation is 1. The molecule has 0 unspecified atom stereocenters. The number of carbonyl (C=O) groups is 2. The number of hydrogen-bond donors (Lipinski definition) is 6. The number of unbranched alkanes of at least 4 members (excludes halogenated alkanes) is 2. The lowest BCUT2D eigenvalue weighted by Gasteiger charge is -2.16. The van der Waals surface area contributed by atoms with Gasteiger partial charge in [0.1, 0.15) is 11.5 Å². The van der Waals surface area contributed by atoms with Crippen LogP contribution in [0.5, 0.6) is 11.5 Å². The molecule has 51 heavy (non-hydrogen) atoms. The molecule has 0 atom stereocenters. The van der Waals surface area contributed by atoms with E-state index in [4.69, 9.17) is 18.9 Å². The van der Waals surface area contributed by atoms with Crippen LogP contribution in [0.2, 0.25) is 0 Å². The zero-order valence-corrected chi connectivity index (χ0v) is 28.8. The molecule has 4 rings (SSSR count). The second-order valence-electron chi connectivity index (χ2n) is 11.3. The largest absolute Gasteiger partial charge is 0.494 e. The number of esters is 2. The van der Waals surface area contributed by atoms with Crippen LogP contribution in [-0.4, -0.2) is 38.4 Å². The number of hydrogen-bond acceptors (Lipinski definition) is 12. The zero-order valence-electron chi connectivity index (χ0n) is 28.8. The first-order valence-electron chi connectivity index (χ1n) is 16.7. The highest BCUT2D eigenvalue weighted by molar-refractivity contribution is 5.81.